The Labute approximate surface area is 210 Å². The second-order valence-electron chi connectivity index (χ2n) is 7.09. The van der Waals surface area contributed by atoms with E-state index in [1.165, 1.54) is 6.08 Å². The second kappa shape index (κ2) is 10.1. The molecular weight excluding hydrogens is 510 g/mol. The summed E-state index contributed by atoms with van der Waals surface area (Å²) in [5.41, 5.74) is 2.85. The second-order valence-corrected chi connectivity index (χ2v) is 8.72. The smallest absolute Gasteiger partial charge is 0.328 e. The third-order valence-electron chi connectivity index (χ3n) is 4.95. The summed E-state index contributed by atoms with van der Waals surface area (Å²) >= 11 is 25.4. The molecule has 0 radical (unpaired) electrons. The zero-order valence-corrected chi connectivity index (χ0v) is 19.9. The van der Waals surface area contributed by atoms with Gasteiger partial charge in [0.1, 0.15) is 6.61 Å². The molecule has 1 aliphatic heterocycles. The Bertz CT molecular complexity index is 1210. The van der Waals surface area contributed by atoms with Crippen LogP contribution in [0.1, 0.15) is 22.3 Å². The molecule has 33 heavy (non-hydrogen) atoms. The van der Waals surface area contributed by atoms with Crippen molar-refractivity contribution in [2.24, 2.45) is 0 Å². The van der Waals surface area contributed by atoms with Crippen LogP contribution in [0.4, 0.5) is 0 Å². The van der Waals surface area contributed by atoms with Gasteiger partial charge in [-0.15, -0.1) is 0 Å². The summed E-state index contributed by atoms with van der Waals surface area (Å²) in [5, 5.41) is 10.6. The van der Waals surface area contributed by atoms with Crippen LogP contribution in [0.15, 0.2) is 48.5 Å². The van der Waals surface area contributed by atoms with Crippen LogP contribution in [0.25, 0.3) is 6.08 Å². The van der Waals surface area contributed by atoms with Gasteiger partial charge in [-0.2, -0.15) is 0 Å². The highest BCUT2D eigenvalue weighted by molar-refractivity contribution is 6.37. The molecule has 0 unspecified atom stereocenters. The van der Waals surface area contributed by atoms with Crippen LogP contribution in [-0.2, 0) is 17.8 Å². The molecule has 0 fully saturated rings. The maximum Gasteiger partial charge on any atom is 0.328 e. The molecule has 1 heterocycles. The van der Waals surface area contributed by atoms with Crippen molar-refractivity contribution in [3.63, 3.8) is 0 Å². The Morgan fingerprint density at radius 3 is 2.33 bits per heavy atom. The molecule has 5 nitrogen and oxygen atoms in total. The lowest BCUT2D eigenvalue weighted by atomic mass is 9.97. The highest BCUT2D eigenvalue weighted by Gasteiger charge is 2.21. The van der Waals surface area contributed by atoms with Gasteiger partial charge in [-0.05, 0) is 47.5 Å². The van der Waals surface area contributed by atoms with E-state index in [9.17, 15) is 4.79 Å². The van der Waals surface area contributed by atoms with E-state index in [2.05, 4.69) is 0 Å². The maximum atomic E-state index is 11.0. The Morgan fingerprint density at radius 2 is 1.67 bits per heavy atom. The van der Waals surface area contributed by atoms with Crippen molar-refractivity contribution < 1.29 is 24.1 Å². The minimum Gasteiger partial charge on any atom is -0.486 e. The van der Waals surface area contributed by atoms with Gasteiger partial charge in [0.15, 0.2) is 17.2 Å². The van der Waals surface area contributed by atoms with Crippen molar-refractivity contribution in [3.05, 3.63) is 90.9 Å². The normalized spacial score (nSPS) is 12.4. The number of hydrogen-bond acceptors (Lipinski definition) is 4. The van der Waals surface area contributed by atoms with Gasteiger partial charge < -0.3 is 19.3 Å². The van der Waals surface area contributed by atoms with Gasteiger partial charge >= 0.3 is 5.97 Å². The first-order valence-electron chi connectivity index (χ1n) is 9.69. The maximum absolute atomic E-state index is 11.0. The standard InChI is InChI=1S/C24H16Cl4O5/c25-17-2-1-3-18(26)16(17)11-31-24-19(27)9-13(10-20(24)28)8-15-14(5-7-22(29)30)4-6-21-23(15)33-12-32-21/h1-7,9-10H,8,11-12H2,(H,29,30). The fourth-order valence-corrected chi connectivity index (χ4v) is 4.56. The Balaban J connectivity index is 1.62. The van der Waals surface area contributed by atoms with Gasteiger partial charge in [0.2, 0.25) is 6.79 Å². The number of hydrogen-bond donors (Lipinski definition) is 1. The van der Waals surface area contributed by atoms with Crippen LogP contribution in [0.5, 0.6) is 17.2 Å². The molecule has 0 aliphatic carbocycles. The number of aliphatic carboxylic acids is 1. The topological polar surface area (TPSA) is 65.0 Å². The minimum absolute atomic E-state index is 0.0906. The number of halogens is 4. The molecule has 9 heteroatoms. The molecule has 0 bridgehead atoms. The molecule has 0 saturated carbocycles. The van der Waals surface area contributed by atoms with E-state index in [4.69, 9.17) is 65.7 Å². The van der Waals surface area contributed by atoms with Gasteiger partial charge in [-0.25, -0.2) is 4.79 Å². The molecule has 0 atom stereocenters. The van der Waals surface area contributed by atoms with Gasteiger partial charge in [-0.1, -0.05) is 58.5 Å². The molecule has 0 aromatic heterocycles. The average molecular weight is 526 g/mol. The number of carbonyl (C=O) groups is 1. The number of carboxylic acid groups (broad SMARTS) is 1. The summed E-state index contributed by atoms with van der Waals surface area (Å²) in [6.45, 7) is 0.187. The van der Waals surface area contributed by atoms with Crippen molar-refractivity contribution in [3.8, 4) is 17.2 Å². The van der Waals surface area contributed by atoms with E-state index in [1.54, 1.807) is 42.5 Å². The highest BCUT2D eigenvalue weighted by Crippen LogP contribution is 2.41. The zero-order valence-electron chi connectivity index (χ0n) is 16.9. The molecule has 0 spiro atoms. The average Bonchev–Trinajstić information content (AvgIpc) is 3.23. The summed E-state index contributed by atoms with van der Waals surface area (Å²) in [4.78, 5) is 11.0. The molecule has 3 aromatic rings. The fraction of sp³-hybridized carbons (Fsp3) is 0.125. The third-order valence-corrected chi connectivity index (χ3v) is 6.21. The van der Waals surface area contributed by atoms with Crippen molar-refractivity contribution in [2.75, 3.05) is 6.79 Å². The van der Waals surface area contributed by atoms with Gasteiger partial charge in [0.25, 0.3) is 0 Å². The number of ether oxygens (including phenoxy) is 3. The van der Waals surface area contributed by atoms with E-state index >= 15 is 0 Å². The molecule has 1 aliphatic rings. The van der Waals surface area contributed by atoms with E-state index in [-0.39, 0.29) is 13.4 Å². The number of benzene rings is 3. The number of fused-ring (bicyclic) bond motifs is 1. The van der Waals surface area contributed by atoms with Crippen LogP contribution in [-0.4, -0.2) is 17.9 Å². The van der Waals surface area contributed by atoms with Gasteiger partial charge in [0, 0.05) is 33.7 Å². The summed E-state index contributed by atoms with van der Waals surface area (Å²) in [7, 11) is 0. The first-order chi connectivity index (χ1) is 15.8. The van der Waals surface area contributed by atoms with Gasteiger partial charge in [0.05, 0.1) is 10.0 Å². The van der Waals surface area contributed by atoms with Crippen LogP contribution >= 0.6 is 46.4 Å². The summed E-state index contributed by atoms with van der Waals surface area (Å²) < 4.78 is 16.9. The predicted octanol–water partition coefficient (Wildman–Crippen LogP) is 7.30. The zero-order chi connectivity index (χ0) is 23.5. The monoisotopic (exact) mass is 524 g/mol. The van der Waals surface area contributed by atoms with Crippen molar-refractivity contribution in [2.45, 2.75) is 13.0 Å². The molecule has 170 valence electrons. The lowest BCUT2D eigenvalue weighted by Crippen LogP contribution is -2.00. The van der Waals surface area contributed by atoms with Crippen LogP contribution in [0, 0.1) is 0 Å². The van der Waals surface area contributed by atoms with Crippen molar-refractivity contribution in [1.29, 1.82) is 0 Å². The molecular formula is C24H16Cl4O5. The van der Waals surface area contributed by atoms with E-state index < -0.39 is 5.97 Å². The van der Waals surface area contributed by atoms with Crippen LogP contribution in [0.3, 0.4) is 0 Å². The Morgan fingerprint density at radius 1 is 0.970 bits per heavy atom. The van der Waals surface area contributed by atoms with E-state index in [0.717, 1.165) is 17.2 Å². The quantitative estimate of drug-likeness (QED) is 0.328. The van der Waals surface area contributed by atoms with Crippen LogP contribution in [0.2, 0.25) is 20.1 Å². The molecule has 3 aromatic carbocycles. The lowest BCUT2D eigenvalue weighted by molar-refractivity contribution is -0.131. The van der Waals surface area contributed by atoms with Crippen molar-refractivity contribution >= 4 is 58.4 Å². The summed E-state index contributed by atoms with van der Waals surface area (Å²) in [5.74, 6) is 0.404. The Kier molecular flexibility index (Phi) is 7.25. The number of carboxylic acids is 1. The first-order valence-corrected chi connectivity index (χ1v) is 11.2. The minimum atomic E-state index is -1.05. The SMILES string of the molecule is O=C(O)C=Cc1ccc2c(c1Cc1cc(Cl)c(OCc3c(Cl)cccc3Cl)c(Cl)c1)OCO2. The molecule has 0 saturated heterocycles. The van der Waals surface area contributed by atoms with E-state index in [1.807, 2.05) is 0 Å². The molecule has 4 rings (SSSR count). The summed E-state index contributed by atoms with van der Waals surface area (Å²) in [6.07, 6.45) is 2.95. The van der Waals surface area contributed by atoms with Gasteiger partial charge in [-0.3, -0.25) is 0 Å². The summed E-state index contributed by atoms with van der Waals surface area (Å²) in [6, 6.07) is 12.2. The first kappa shape index (κ1) is 23.6. The fourth-order valence-electron chi connectivity index (χ4n) is 3.42. The Hall–Kier alpha value is -2.57. The van der Waals surface area contributed by atoms with Crippen LogP contribution < -0.4 is 14.2 Å². The predicted molar refractivity (Wildman–Crippen MR) is 129 cm³/mol. The number of rotatable bonds is 7. The molecule has 1 N–H and O–H groups in total. The largest absolute Gasteiger partial charge is 0.486 e. The molecule has 0 amide bonds. The van der Waals surface area contributed by atoms with Crippen molar-refractivity contribution in [1.82, 2.24) is 0 Å². The highest BCUT2D eigenvalue weighted by atomic mass is 35.5. The van der Waals surface area contributed by atoms with E-state index in [0.29, 0.717) is 54.9 Å². The lowest BCUT2D eigenvalue weighted by Gasteiger charge is -2.15. The third kappa shape index (κ3) is 5.33.